The summed E-state index contributed by atoms with van der Waals surface area (Å²) in [6, 6.07) is 6.56. The SMILES string of the molecule is CC(=O)C[C@H]1COCCN1S(=O)(=O)c1ccc(C(C)C)cc1. The Labute approximate surface area is 132 Å². The van der Waals surface area contributed by atoms with E-state index >= 15 is 0 Å². The number of hydrogen-bond acceptors (Lipinski definition) is 4. The summed E-state index contributed by atoms with van der Waals surface area (Å²) in [6.07, 6.45) is 0.184. The summed E-state index contributed by atoms with van der Waals surface area (Å²) < 4.78 is 32.4. The van der Waals surface area contributed by atoms with Gasteiger partial charge in [-0.3, -0.25) is 4.79 Å². The minimum atomic E-state index is -3.60. The molecule has 0 saturated carbocycles. The number of morpholine rings is 1. The lowest BCUT2D eigenvalue weighted by Crippen LogP contribution is -2.49. The molecule has 1 aromatic rings. The fraction of sp³-hybridized carbons (Fsp3) is 0.562. The number of carbonyl (C=O) groups is 1. The van der Waals surface area contributed by atoms with E-state index in [1.165, 1.54) is 11.2 Å². The molecule has 5 nitrogen and oxygen atoms in total. The first-order chi connectivity index (χ1) is 10.3. The maximum Gasteiger partial charge on any atom is 0.243 e. The first-order valence-corrected chi connectivity index (χ1v) is 8.95. The van der Waals surface area contributed by atoms with Gasteiger partial charge in [-0.05, 0) is 30.5 Å². The van der Waals surface area contributed by atoms with Crippen molar-refractivity contribution in [3.8, 4) is 0 Å². The zero-order chi connectivity index (χ0) is 16.3. The van der Waals surface area contributed by atoms with Gasteiger partial charge in [0, 0.05) is 13.0 Å². The Morgan fingerprint density at radius 2 is 1.95 bits per heavy atom. The van der Waals surface area contributed by atoms with Crippen LogP contribution in [0.15, 0.2) is 29.2 Å². The zero-order valence-corrected chi connectivity index (χ0v) is 14.1. The minimum Gasteiger partial charge on any atom is -0.378 e. The molecule has 122 valence electrons. The summed E-state index contributed by atoms with van der Waals surface area (Å²) in [4.78, 5) is 11.6. The predicted molar refractivity (Wildman–Crippen MR) is 84.3 cm³/mol. The Morgan fingerprint density at radius 3 is 2.50 bits per heavy atom. The molecule has 1 atom stereocenters. The number of ether oxygens (including phenoxy) is 1. The average molecular weight is 325 g/mol. The van der Waals surface area contributed by atoms with Crippen LogP contribution < -0.4 is 0 Å². The minimum absolute atomic E-state index is 0.0362. The Hall–Kier alpha value is -1.24. The third kappa shape index (κ3) is 3.74. The summed E-state index contributed by atoms with van der Waals surface area (Å²) in [6.45, 7) is 6.51. The number of benzene rings is 1. The van der Waals surface area contributed by atoms with E-state index in [0.717, 1.165) is 5.56 Å². The van der Waals surface area contributed by atoms with E-state index in [0.29, 0.717) is 12.5 Å². The normalized spacial score (nSPS) is 20.3. The van der Waals surface area contributed by atoms with Gasteiger partial charge in [-0.15, -0.1) is 0 Å². The number of ketones is 1. The second kappa shape index (κ2) is 6.89. The van der Waals surface area contributed by atoms with Crippen molar-refractivity contribution in [2.45, 2.75) is 44.0 Å². The molecule has 6 heteroatoms. The highest BCUT2D eigenvalue weighted by molar-refractivity contribution is 7.89. The number of Topliss-reactive ketones (excluding diaryl/α,β-unsaturated/α-hetero) is 1. The Bertz CT molecular complexity index is 622. The quantitative estimate of drug-likeness (QED) is 0.832. The van der Waals surface area contributed by atoms with Crippen LogP contribution in [0.5, 0.6) is 0 Å². The maximum absolute atomic E-state index is 12.8. The molecule has 1 aromatic carbocycles. The van der Waals surface area contributed by atoms with Gasteiger partial charge in [0.05, 0.1) is 24.2 Å². The molecule has 22 heavy (non-hydrogen) atoms. The maximum atomic E-state index is 12.8. The molecule has 0 aliphatic carbocycles. The highest BCUT2D eigenvalue weighted by atomic mass is 32.2. The molecule has 0 amide bonds. The number of nitrogens with zero attached hydrogens (tertiary/aromatic N) is 1. The van der Waals surface area contributed by atoms with Crippen molar-refractivity contribution >= 4 is 15.8 Å². The summed E-state index contributed by atoms with van der Waals surface area (Å²) in [5, 5.41) is 0. The van der Waals surface area contributed by atoms with E-state index in [2.05, 4.69) is 13.8 Å². The molecule has 0 radical (unpaired) electrons. The molecule has 0 spiro atoms. The molecule has 1 aliphatic rings. The van der Waals surface area contributed by atoms with E-state index in [9.17, 15) is 13.2 Å². The summed E-state index contributed by atoms with van der Waals surface area (Å²) in [5.41, 5.74) is 1.10. The van der Waals surface area contributed by atoms with Crippen molar-refractivity contribution < 1.29 is 17.9 Å². The van der Waals surface area contributed by atoms with Crippen LogP contribution in [-0.4, -0.2) is 44.3 Å². The largest absolute Gasteiger partial charge is 0.378 e. The topological polar surface area (TPSA) is 63.7 Å². The molecule has 1 fully saturated rings. The summed E-state index contributed by atoms with van der Waals surface area (Å²) in [5.74, 6) is 0.316. The van der Waals surface area contributed by atoms with Crippen LogP contribution >= 0.6 is 0 Å². The third-order valence-corrected chi connectivity index (χ3v) is 5.82. The smallest absolute Gasteiger partial charge is 0.243 e. The molecule has 1 aliphatic heterocycles. The van der Waals surface area contributed by atoms with Crippen LogP contribution in [0.1, 0.15) is 38.7 Å². The fourth-order valence-corrected chi connectivity index (χ4v) is 4.20. The van der Waals surface area contributed by atoms with Crippen molar-refractivity contribution in [2.75, 3.05) is 19.8 Å². The molecule has 0 bridgehead atoms. The van der Waals surface area contributed by atoms with E-state index in [1.54, 1.807) is 12.1 Å². The van der Waals surface area contributed by atoms with Gasteiger partial charge in [-0.1, -0.05) is 26.0 Å². The van der Waals surface area contributed by atoms with Crippen molar-refractivity contribution in [1.29, 1.82) is 0 Å². The Kier molecular flexibility index (Phi) is 5.36. The standard InChI is InChI=1S/C16H23NO4S/c1-12(2)14-4-6-16(7-5-14)22(19,20)17-8-9-21-11-15(17)10-13(3)18/h4-7,12,15H,8-11H2,1-3H3/t15-/m0/s1. The molecule has 2 rings (SSSR count). The van der Waals surface area contributed by atoms with Gasteiger partial charge in [-0.2, -0.15) is 4.31 Å². The van der Waals surface area contributed by atoms with Gasteiger partial charge in [-0.25, -0.2) is 8.42 Å². The van der Waals surface area contributed by atoms with Crippen LogP contribution in [0, 0.1) is 0 Å². The number of rotatable bonds is 5. The Morgan fingerprint density at radius 1 is 1.32 bits per heavy atom. The van der Waals surface area contributed by atoms with Crippen LogP contribution in [0.2, 0.25) is 0 Å². The van der Waals surface area contributed by atoms with E-state index in [4.69, 9.17) is 4.74 Å². The van der Waals surface area contributed by atoms with Crippen LogP contribution in [-0.2, 0) is 19.6 Å². The molecular formula is C16H23NO4S. The third-order valence-electron chi connectivity index (χ3n) is 3.85. The first-order valence-electron chi connectivity index (χ1n) is 7.51. The Balaban J connectivity index is 2.28. The van der Waals surface area contributed by atoms with Crippen LogP contribution in [0.4, 0.5) is 0 Å². The lowest BCUT2D eigenvalue weighted by Gasteiger charge is -2.34. The first kappa shape index (κ1) is 17.1. The predicted octanol–water partition coefficient (Wildman–Crippen LogP) is 2.18. The molecule has 0 N–H and O–H groups in total. The highest BCUT2D eigenvalue weighted by Gasteiger charge is 2.34. The van der Waals surface area contributed by atoms with Gasteiger partial charge in [0.2, 0.25) is 10.0 Å². The van der Waals surface area contributed by atoms with Gasteiger partial charge in [0.25, 0.3) is 0 Å². The van der Waals surface area contributed by atoms with Gasteiger partial charge in [0.1, 0.15) is 5.78 Å². The van der Waals surface area contributed by atoms with E-state index in [1.807, 2.05) is 12.1 Å². The van der Waals surface area contributed by atoms with Crippen molar-refractivity contribution in [3.05, 3.63) is 29.8 Å². The van der Waals surface area contributed by atoms with Crippen LogP contribution in [0.3, 0.4) is 0 Å². The second-order valence-electron chi connectivity index (χ2n) is 5.97. The molecule has 1 heterocycles. The number of hydrogen-bond donors (Lipinski definition) is 0. The van der Waals surface area contributed by atoms with E-state index < -0.39 is 16.1 Å². The van der Waals surface area contributed by atoms with Crippen LogP contribution in [0.25, 0.3) is 0 Å². The zero-order valence-electron chi connectivity index (χ0n) is 13.3. The average Bonchev–Trinajstić information content (AvgIpc) is 2.47. The lowest BCUT2D eigenvalue weighted by molar-refractivity contribution is -0.118. The van der Waals surface area contributed by atoms with Crippen molar-refractivity contribution in [2.24, 2.45) is 0 Å². The van der Waals surface area contributed by atoms with Gasteiger partial charge < -0.3 is 4.74 Å². The molecule has 0 unspecified atom stereocenters. The number of carbonyl (C=O) groups excluding carboxylic acids is 1. The summed E-state index contributed by atoms with van der Waals surface area (Å²) in [7, 11) is -3.60. The molecular weight excluding hydrogens is 302 g/mol. The molecule has 1 saturated heterocycles. The number of sulfonamides is 1. The highest BCUT2D eigenvalue weighted by Crippen LogP contribution is 2.24. The lowest BCUT2D eigenvalue weighted by atomic mass is 10.0. The molecule has 0 aromatic heterocycles. The van der Waals surface area contributed by atoms with Crippen molar-refractivity contribution in [1.82, 2.24) is 4.31 Å². The van der Waals surface area contributed by atoms with Gasteiger partial charge >= 0.3 is 0 Å². The van der Waals surface area contributed by atoms with Crippen molar-refractivity contribution in [3.63, 3.8) is 0 Å². The van der Waals surface area contributed by atoms with Gasteiger partial charge in [0.15, 0.2) is 0 Å². The summed E-state index contributed by atoms with van der Waals surface area (Å²) >= 11 is 0. The monoisotopic (exact) mass is 325 g/mol. The fourth-order valence-electron chi connectivity index (χ4n) is 2.61. The second-order valence-corrected chi connectivity index (χ2v) is 7.86. The van der Waals surface area contributed by atoms with E-state index in [-0.39, 0.29) is 30.3 Å².